The highest BCUT2D eigenvalue weighted by Crippen LogP contribution is 2.05. The van der Waals surface area contributed by atoms with Gasteiger partial charge in [0.15, 0.2) is 5.96 Å². The van der Waals surface area contributed by atoms with Crippen molar-refractivity contribution in [2.75, 3.05) is 39.9 Å². The van der Waals surface area contributed by atoms with Gasteiger partial charge in [0, 0.05) is 26.7 Å². The highest BCUT2D eigenvalue weighted by molar-refractivity contribution is 14.0. The Labute approximate surface area is 159 Å². The van der Waals surface area contributed by atoms with Crippen molar-refractivity contribution in [2.24, 2.45) is 4.99 Å². The van der Waals surface area contributed by atoms with Gasteiger partial charge in [0.05, 0.1) is 6.61 Å². The minimum absolute atomic E-state index is 0. The first-order valence-corrected chi connectivity index (χ1v) is 7.68. The lowest BCUT2D eigenvalue weighted by Crippen LogP contribution is -2.39. The monoisotopic (exact) mass is 452 g/mol. The summed E-state index contributed by atoms with van der Waals surface area (Å²) in [6.45, 7) is 4.10. The molecule has 8 heteroatoms. The zero-order valence-electron chi connectivity index (χ0n) is 14.1. The fourth-order valence-corrected chi connectivity index (χ4v) is 1.86. The van der Waals surface area contributed by atoms with Crippen molar-refractivity contribution in [3.63, 3.8) is 0 Å². The van der Waals surface area contributed by atoms with E-state index in [1.165, 1.54) is 6.07 Å². The van der Waals surface area contributed by atoms with Gasteiger partial charge in [0.25, 0.3) is 0 Å². The van der Waals surface area contributed by atoms with E-state index in [0.717, 1.165) is 0 Å². The Kier molecular flexibility index (Phi) is 13.1. The Morgan fingerprint density at radius 3 is 2.62 bits per heavy atom. The number of hydrogen-bond acceptors (Lipinski definition) is 3. The first-order chi connectivity index (χ1) is 11.2. The average molecular weight is 452 g/mol. The third kappa shape index (κ3) is 9.66. The summed E-state index contributed by atoms with van der Waals surface area (Å²) in [5.74, 6) is 0.146. The standard InChI is InChI=1S/C16H25FN4O2.HI/c1-3-18-16(21-12-15(22)19-10-11-23-2)20-9-8-13-6-4-5-7-14(13)17;/h4-7H,3,8-12H2,1-2H3,(H,19,22)(H2,18,20,21);1H. The summed E-state index contributed by atoms with van der Waals surface area (Å²) >= 11 is 0. The summed E-state index contributed by atoms with van der Waals surface area (Å²) in [5, 5.41) is 8.83. The number of nitrogens with one attached hydrogen (secondary N) is 3. The number of amides is 1. The van der Waals surface area contributed by atoms with Gasteiger partial charge in [-0.1, -0.05) is 18.2 Å². The molecule has 1 aromatic rings. The molecule has 24 heavy (non-hydrogen) atoms. The number of rotatable bonds is 9. The minimum Gasteiger partial charge on any atom is -0.383 e. The number of methoxy groups -OCH3 is 1. The van der Waals surface area contributed by atoms with Gasteiger partial charge in [-0.05, 0) is 25.0 Å². The van der Waals surface area contributed by atoms with Crippen LogP contribution in [-0.2, 0) is 16.0 Å². The molecule has 1 amide bonds. The molecule has 0 heterocycles. The molecule has 6 nitrogen and oxygen atoms in total. The van der Waals surface area contributed by atoms with Crippen LogP contribution in [-0.4, -0.2) is 51.8 Å². The maximum atomic E-state index is 13.5. The quantitative estimate of drug-likeness (QED) is 0.229. The van der Waals surface area contributed by atoms with Gasteiger partial charge < -0.3 is 20.7 Å². The zero-order valence-corrected chi connectivity index (χ0v) is 16.4. The predicted octanol–water partition coefficient (Wildman–Crippen LogP) is 1.30. The highest BCUT2D eigenvalue weighted by atomic mass is 127. The van der Waals surface area contributed by atoms with Gasteiger partial charge >= 0.3 is 0 Å². The molecule has 0 aliphatic carbocycles. The van der Waals surface area contributed by atoms with Crippen LogP contribution in [0.2, 0.25) is 0 Å². The molecule has 0 radical (unpaired) electrons. The fourth-order valence-electron chi connectivity index (χ4n) is 1.86. The number of halogens is 2. The molecule has 0 saturated carbocycles. The van der Waals surface area contributed by atoms with Crippen LogP contribution in [0.15, 0.2) is 29.3 Å². The Hall–Kier alpha value is -1.42. The lowest BCUT2D eigenvalue weighted by Gasteiger charge is -2.11. The molecule has 1 rings (SSSR count). The second-order valence-corrected chi connectivity index (χ2v) is 4.81. The maximum Gasteiger partial charge on any atom is 0.241 e. The average Bonchev–Trinajstić information content (AvgIpc) is 2.54. The normalized spacial score (nSPS) is 10.7. The van der Waals surface area contributed by atoms with Crippen molar-refractivity contribution in [3.05, 3.63) is 35.6 Å². The van der Waals surface area contributed by atoms with E-state index in [9.17, 15) is 9.18 Å². The number of ether oxygens (including phenoxy) is 1. The van der Waals surface area contributed by atoms with E-state index in [1.807, 2.05) is 13.0 Å². The van der Waals surface area contributed by atoms with Gasteiger partial charge in [-0.25, -0.2) is 9.38 Å². The number of carbonyl (C=O) groups is 1. The Morgan fingerprint density at radius 2 is 1.96 bits per heavy atom. The molecule has 0 spiro atoms. The second-order valence-electron chi connectivity index (χ2n) is 4.81. The molecule has 0 atom stereocenters. The van der Waals surface area contributed by atoms with Gasteiger partial charge in [-0.2, -0.15) is 0 Å². The third-order valence-corrected chi connectivity index (χ3v) is 3.00. The maximum absolute atomic E-state index is 13.5. The first-order valence-electron chi connectivity index (χ1n) is 7.68. The zero-order chi connectivity index (χ0) is 16.9. The van der Waals surface area contributed by atoms with E-state index >= 15 is 0 Å². The molecule has 3 N–H and O–H groups in total. The molecule has 1 aromatic carbocycles. The van der Waals surface area contributed by atoms with E-state index in [2.05, 4.69) is 20.9 Å². The molecule has 0 aliphatic rings. The Bertz CT molecular complexity index is 515. The summed E-state index contributed by atoms with van der Waals surface area (Å²) < 4.78 is 18.4. The molecular formula is C16H26FIN4O2. The van der Waals surface area contributed by atoms with Crippen LogP contribution in [0.25, 0.3) is 0 Å². The van der Waals surface area contributed by atoms with Crippen LogP contribution in [0.1, 0.15) is 12.5 Å². The molecule has 136 valence electrons. The Balaban J connectivity index is 0.00000529. The molecule has 0 unspecified atom stereocenters. The van der Waals surface area contributed by atoms with E-state index in [1.54, 1.807) is 19.2 Å². The van der Waals surface area contributed by atoms with Crippen molar-refractivity contribution in [3.8, 4) is 0 Å². The van der Waals surface area contributed by atoms with Crippen LogP contribution < -0.4 is 16.0 Å². The molecule has 0 saturated heterocycles. The number of hydrogen-bond donors (Lipinski definition) is 3. The molecule has 0 aromatic heterocycles. The van der Waals surface area contributed by atoms with Crippen LogP contribution in [0.5, 0.6) is 0 Å². The largest absolute Gasteiger partial charge is 0.383 e. The Morgan fingerprint density at radius 1 is 1.21 bits per heavy atom. The molecule has 0 aliphatic heterocycles. The van der Waals surface area contributed by atoms with Gasteiger partial charge in [-0.15, -0.1) is 24.0 Å². The van der Waals surface area contributed by atoms with Gasteiger partial charge in [-0.3, -0.25) is 4.79 Å². The summed E-state index contributed by atoms with van der Waals surface area (Å²) in [4.78, 5) is 15.8. The fraction of sp³-hybridized carbons (Fsp3) is 0.500. The van der Waals surface area contributed by atoms with Gasteiger partial charge in [0.1, 0.15) is 12.4 Å². The number of nitrogens with zero attached hydrogens (tertiary/aromatic N) is 1. The smallest absolute Gasteiger partial charge is 0.241 e. The lowest BCUT2D eigenvalue weighted by atomic mass is 10.1. The summed E-state index contributed by atoms with van der Waals surface area (Å²) in [6, 6.07) is 6.67. The van der Waals surface area contributed by atoms with Crippen molar-refractivity contribution in [1.29, 1.82) is 0 Å². The first kappa shape index (κ1) is 22.6. The van der Waals surface area contributed by atoms with Crippen LogP contribution >= 0.6 is 24.0 Å². The van der Waals surface area contributed by atoms with Crippen LogP contribution in [0.4, 0.5) is 4.39 Å². The number of carbonyl (C=O) groups excluding carboxylic acids is 1. The summed E-state index contributed by atoms with van der Waals surface area (Å²) in [6.07, 6.45) is 0.539. The predicted molar refractivity (Wildman–Crippen MR) is 104 cm³/mol. The summed E-state index contributed by atoms with van der Waals surface area (Å²) in [5.41, 5.74) is 0.646. The van der Waals surface area contributed by atoms with Crippen LogP contribution in [0.3, 0.4) is 0 Å². The topological polar surface area (TPSA) is 74.8 Å². The number of guanidine groups is 1. The molecule has 0 bridgehead atoms. The number of benzene rings is 1. The minimum atomic E-state index is -0.214. The van der Waals surface area contributed by atoms with Crippen molar-refractivity contribution in [1.82, 2.24) is 16.0 Å². The third-order valence-electron chi connectivity index (χ3n) is 3.00. The second kappa shape index (κ2) is 14.0. The van der Waals surface area contributed by atoms with E-state index in [4.69, 9.17) is 4.74 Å². The van der Waals surface area contributed by atoms with Crippen molar-refractivity contribution >= 4 is 35.8 Å². The highest BCUT2D eigenvalue weighted by Gasteiger charge is 2.03. The lowest BCUT2D eigenvalue weighted by molar-refractivity contribution is -0.119. The van der Waals surface area contributed by atoms with Crippen LogP contribution in [0, 0.1) is 5.82 Å². The van der Waals surface area contributed by atoms with E-state index < -0.39 is 0 Å². The van der Waals surface area contributed by atoms with E-state index in [-0.39, 0.29) is 42.2 Å². The number of aliphatic imine (C=N–C) groups is 1. The van der Waals surface area contributed by atoms with Gasteiger partial charge in [0.2, 0.25) is 5.91 Å². The van der Waals surface area contributed by atoms with Crippen molar-refractivity contribution in [2.45, 2.75) is 13.3 Å². The SMILES string of the molecule is CCNC(=NCC(=O)NCCOC)NCCc1ccccc1F.I. The molecule has 0 fully saturated rings. The van der Waals surface area contributed by atoms with E-state index in [0.29, 0.717) is 44.2 Å². The van der Waals surface area contributed by atoms with Crippen molar-refractivity contribution < 1.29 is 13.9 Å². The molecular weight excluding hydrogens is 426 g/mol. The summed E-state index contributed by atoms with van der Waals surface area (Å²) in [7, 11) is 1.58.